The fourth-order valence-electron chi connectivity index (χ4n) is 1.88. The zero-order valence-electron chi connectivity index (χ0n) is 9.57. The van der Waals surface area contributed by atoms with Crippen LogP contribution >= 0.6 is 0 Å². The summed E-state index contributed by atoms with van der Waals surface area (Å²) in [4.78, 5) is 18.1. The van der Waals surface area contributed by atoms with Crippen molar-refractivity contribution in [3.05, 3.63) is 29.8 Å². The van der Waals surface area contributed by atoms with Gasteiger partial charge in [0.25, 0.3) is 0 Å². The second kappa shape index (κ2) is 4.16. The highest BCUT2D eigenvalue weighted by Crippen LogP contribution is 2.25. The summed E-state index contributed by atoms with van der Waals surface area (Å²) in [6, 6.07) is 4.54. The van der Waals surface area contributed by atoms with Crippen LogP contribution in [0.2, 0.25) is 0 Å². The lowest BCUT2D eigenvalue weighted by atomic mass is 9.95. The molecule has 1 atom stereocenters. The molecule has 0 aliphatic rings. The van der Waals surface area contributed by atoms with Crippen LogP contribution in [0.5, 0.6) is 0 Å². The lowest BCUT2D eigenvalue weighted by Gasteiger charge is -2.12. The lowest BCUT2D eigenvalue weighted by Crippen LogP contribution is -2.18. The first-order valence-corrected chi connectivity index (χ1v) is 5.37. The zero-order valence-corrected chi connectivity index (χ0v) is 9.57. The normalized spacial score (nSPS) is 13.2. The van der Waals surface area contributed by atoms with Crippen molar-refractivity contribution in [1.82, 2.24) is 9.97 Å². The third-order valence-electron chi connectivity index (χ3n) is 2.71. The van der Waals surface area contributed by atoms with E-state index in [9.17, 15) is 9.18 Å². The number of benzene rings is 1. The van der Waals surface area contributed by atoms with Gasteiger partial charge in [0.2, 0.25) is 0 Å². The number of fused-ring (bicyclic) bond motifs is 1. The topological polar surface area (TPSA) is 66.0 Å². The summed E-state index contributed by atoms with van der Waals surface area (Å²) in [6.07, 6.45) is 0. The second-order valence-corrected chi connectivity index (χ2v) is 4.32. The molecule has 0 aliphatic heterocycles. The largest absolute Gasteiger partial charge is 0.481 e. The van der Waals surface area contributed by atoms with Crippen LogP contribution in [0.1, 0.15) is 25.6 Å². The summed E-state index contributed by atoms with van der Waals surface area (Å²) < 4.78 is 13.4. The summed E-state index contributed by atoms with van der Waals surface area (Å²) in [7, 11) is 0. The number of aliphatic carboxylic acids is 1. The molecule has 0 radical (unpaired) electrons. The molecular weight excluding hydrogens is 223 g/mol. The van der Waals surface area contributed by atoms with Crippen molar-refractivity contribution in [2.45, 2.75) is 19.8 Å². The number of para-hydroxylation sites is 1. The average molecular weight is 236 g/mol. The van der Waals surface area contributed by atoms with Crippen LogP contribution in [0, 0.1) is 11.7 Å². The van der Waals surface area contributed by atoms with Crippen molar-refractivity contribution in [3.8, 4) is 0 Å². The van der Waals surface area contributed by atoms with Gasteiger partial charge in [0, 0.05) is 0 Å². The number of imidazole rings is 1. The fraction of sp³-hybridized carbons (Fsp3) is 0.333. The maximum Gasteiger partial charge on any atom is 0.314 e. The summed E-state index contributed by atoms with van der Waals surface area (Å²) in [5.41, 5.74) is 0.710. The molecule has 0 bridgehead atoms. The highest BCUT2D eigenvalue weighted by Gasteiger charge is 2.27. The zero-order chi connectivity index (χ0) is 12.6. The number of nitrogens with one attached hydrogen (secondary N) is 1. The van der Waals surface area contributed by atoms with Gasteiger partial charge in [-0.05, 0) is 18.1 Å². The Kier molecular flexibility index (Phi) is 2.83. The van der Waals surface area contributed by atoms with E-state index in [1.54, 1.807) is 26.0 Å². The standard InChI is InChI=1S/C12H13FN2O2/c1-6(2)9(12(16)17)11-14-8-5-3-4-7(13)10(8)15-11/h3-6,9H,1-2H3,(H,14,15)(H,16,17). The van der Waals surface area contributed by atoms with Crippen LogP contribution in [-0.4, -0.2) is 21.0 Å². The maximum atomic E-state index is 13.4. The van der Waals surface area contributed by atoms with Gasteiger partial charge in [-0.1, -0.05) is 19.9 Å². The molecule has 1 aromatic carbocycles. The number of hydrogen-bond acceptors (Lipinski definition) is 2. The van der Waals surface area contributed by atoms with Gasteiger partial charge < -0.3 is 10.1 Å². The molecule has 1 aromatic heterocycles. The highest BCUT2D eigenvalue weighted by molar-refractivity contribution is 5.80. The second-order valence-electron chi connectivity index (χ2n) is 4.32. The first-order chi connectivity index (χ1) is 8.00. The van der Waals surface area contributed by atoms with Gasteiger partial charge >= 0.3 is 5.97 Å². The van der Waals surface area contributed by atoms with Gasteiger partial charge in [-0.15, -0.1) is 0 Å². The monoisotopic (exact) mass is 236 g/mol. The first kappa shape index (κ1) is 11.6. The van der Waals surface area contributed by atoms with Gasteiger partial charge in [0.15, 0.2) is 5.82 Å². The van der Waals surface area contributed by atoms with E-state index in [-0.39, 0.29) is 11.4 Å². The number of nitrogens with zero attached hydrogens (tertiary/aromatic N) is 1. The van der Waals surface area contributed by atoms with Crippen molar-refractivity contribution < 1.29 is 14.3 Å². The molecule has 1 heterocycles. The van der Waals surface area contributed by atoms with Crippen molar-refractivity contribution in [3.63, 3.8) is 0 Å². The van der Waals surface area contributed by atoms with E-state index in [1.165, 1.54) is 6.07 Å². The van der Waals surface area contributed by atoms with Gasteiger partial charge in [-0.2, -0.15) is 0 Å². The van der Waals surface area contributed by atoms with E-state index in [0.29, 0.717) is 11.3 Å². The third-order valence-corrected chi connectivity index (χ3v) is 2.71. The maximum absolute atomic E-state index is 13.4. The SMILES string of the molecule is CC(C)C(C(=O)O)c1nc2c(F)cccc2[nH]1. The minimum Gasteiger partial charge on any atom is -0.481 e. The Labute approximate surface area is 97.5 Å². The van der Waals surface area contributed by atoms with Gasteiger partial charge in [0.1, 0.15) is 17.3 Å². The Bertz CT molecular complexity index is 563. The fourth-order valence-corrected chi connectivity index (χ4v) is 1.88. The Morgan fingerprint density at radius 3 is 2.71 bits per heavy atom. The van der Waals surface area contributed by atoms with E-state index in [0.717, 1.165) is 0 Å². The minimum absolute atomic E-state index is 0.115. The Morgan fingerprint density at radius 1 is 1.47 bits per heavy atom. The number of rotatable bonds is 3. The van der Waals surface area contributed by atoms with Crippen LogP contribution in [-0.2, 0) is 4.79 Å². The summed E-state index contributed by atoms with van der Waals surface area (Å²) in [5, 5.41) is 9.14. The number of carbonyl (C=O) groups is 1. The van der Waals surface area contributed by atoms with E-state index < -0.39 is 17.7 Å². The van der Waals surface area contributed by atoms with Gasteiger partial charge in [0.05, 0.1) is 5.52 Å². The smallest absolute Gasteiger partial charge is 0.314 e. The lowest BCUT2D eigenvalue weighted by molar-refractivity contribution is -0.140. The minimum atomic E-state index is -0.959. The molecule has 0 amide bonds. The third kappa shape index (κ3) is 2.00. The molecule has 5 heteroatoms. The molecule has 0 spiro atoms. The van der Waals surface area contributed by atoms with E-state index >= 15 is 0 Å². The van der Waals surface area contributed by atoms with E-state index in [2.05, 4.69) is 9.97 Å². The number of carboxylic acid groups (broad SMARTS) is 1. The van der Waals surface area contributed by atoms with Crippen LogP contribution in [0.4, 0.5) is 4.39 Å². The number of halogens is 1. The first-order valence-electron chi connectivity index (χ1n) is 5.37. The quantitative estimate of drug-likeness (QED) is 0.860. The molecule has 0 saturated carbocycles. The van der Waals surface area contributed by atoms with Crippen LogP contribution in [0.25, 0.3) is 11.0 Å². The number of carboxylic acids is 1. The summed E-state index contributed by atoms with van der Waals surface area (Å²) in [5.74, 6) is -1.97. The Hall–Kier alpha value is -1.91. The number of aromatic amines is 1. The predicted molar refractivity (Wildman–Crippen MR) is 61.3 cm³/mol. The van der Waals surface area contributed by atoms with Crippen molar-refractivity contribution in [2.24, 2.45) is 5.92 Å². The number of aromatic nitrogens is 2. The molecule has 0 saturated heterocycles. The van der Waals surface area contributed by atoms with Crippen molar-refractivity contribution >= 4 is 17.0 Å². The molecule has 2 N–H and O–H groups in total. The molecule has 2 rings (SSSR count). The Balaban J connectivity index is 2.55. The molecule has 90 valence electrons. The van der Waals surface area contributed by atoms with Gasteiger partial charge in [-0.25, -0.2) is 9.37 Å². The van der Waals surface area contributed by atoms with Crippen molar-refractivity contribution in [2.75, 3.05) is 0 Å². The average Bonchev–Trinajstić information content (AvgIpc) is 2.61. The van der Waals surface area contributed by atoms with E-state index in [1.807, 2.05) is 0 Å². The van der Waals surface area contributed by atoms with Gasteiger partial charge in [-0.3, -0.25) is 4.79 Å². The molecular formula is C12H13FN2O2. The number of H-pyrrole nitrogens is 1. The van der Waals surface area contributed by atoms with Crippen molar-refractivity contribution in [1.29, 1.82) is 0 Å². The molecule has 0 aliphatic carbocycles. The van der Waals surface area contributed by atoms with Crippen LogP contribution in [0.3, 0.4) is 0 Å². The molecule has 1 unspecified atom stereocenters. The summed E-state index contributed by atoms with van der Waals surface area (Å²) >= 11 is 0. The molecule has 17 heavy (non-hydrogen) atoms. The number of hydrogen-bond donors (Lipinski definition) is 2. The molecule has 4 nitrogen and oxygen atoms in total. The van der Waals surface area contributed by atoms with Crippen LogP contribution < -0.4 is 0 Å². The highest BCUT2D eigenvalue weighted by atomic mass is 19.1. The van der Waals surface area contributed by atoms with E-state index in [4.69, 9.17) is 5.11 Å². The predicted octanol–water partition coefficient (Wildman–Crippen LogP) is 2.53. The molecule has 0 fully saturated rings. The summed E-state index contributed by atoms with van der Waals surface area (Å²) in [6.45, 7) is 3.59. The molecule has 2 aromatic rings. The van der Waals surface area contributed by atoms with Crippen LogP contribution in [0.15, 0.2) is 18.2 Å². The Morgan fingerprint density at radius 2 is 2.18 bits per heavy atom.